The maximum Gasteiger partial charge on any atom is 0.348 e. The summed E-state index contributed by atoms with van der Waals surface area (Å²) >= 11 is 0. The third-order valence-electron chi connectivity index (χ3n) is 2.08. The summed E-state index contributed by atoms with van der Waals surface area (Å²) in [5, 5.41) is 9.47. The number of aromatic amines is 1. The molecular weight excluding hydrogens is 263 g/mol. The van der Waals surface area contributed by atoms with Gasteiger partial charge in [-0.05, 0) is 13.0 Å². The van der Waals surface area contributed by atoms with E-state index in [4.69, 9.17) is 9.79 Å². The first kappa shape index (κ1) is 14.6. The Morgan fingerprint density at radius 1 is 1.50 bits per heavy atom. The minimum Gasteiger partial charge on any atom is -0.387 e. The van der Waals surface area contributed by atoms with Crippen LogP contribution in [0.2, 0.25) is 0 Å². The summed E-state index contributed by atoms with van der Waals surface area (Å²) in [7, 11) is -4.34. The highest BCUT2D eigenvalue weighted by Crippen LogP contribution is 2.35. The lowest BCUT2D eigenvalue weighted by molar-refractivity contribution is 0.198. The quantitative estimate of drug-likeness (QED) is 0.516. The minimum absolute atomic E-state index is 0.215. The second-order valence-electron chi connectivity index (χ2n) is 3.72. The molecular formula is C9H13N2O6P. The van der Waals surface area contributed by atoms with Crippen LogP contribution in [0.1, 0.15) is 5.56 Å². The van der Waals surface area contributed by atoms with Crippen LogP contribution >= 0.6 is 7.60 Å². The fourth-order valence-electron chi connectivity index (χ4n) is 1.23. The highest BCUT2D eigenvalue weighted by atomic mass is 31.2. The maximum atomic E-state index is 11.3. The second kappa shape index (κ2) is 5.45. The molecule has 4 N–H and O–H groups in total. The third-order valence-corrected chi connectivity index (χ3v) is 2.64. The van der Waals surface area contributed by atoms with Gasteiger partial charge in [0, 0.05) is 17.6 Å². The predicted octanol–water partition coefficient (Wildman–Crippen LogP) is -1.10. The van der Waals surface area contributed by atoms with Crippen LogP contribution in [-0.2, 0) is 11.1 Å². The molecule has 1 atom stereocenters. The number of rotatable bonds is 4. The molecule has 0 unspecified atom stereocenters. The van der Waals surface area contributed by atoms with Crippen LogP contribution in [0.4, 0.5) is 0 Å². The van der Waals surface area contributed by atoms with Crippen molar-refractivity contribution in [3.05, 3.63) is 44.5 Å². The molecule has 100 valence electrons. The Labute approximate surface area is 101 Å². The van der Waals surface area contributed by atoms with Gasteiger partial charge in [-0.15, -0.1) is 0 Å². The molecule has 0 aliphatic rings. The zero-order chi connectivity index (χ0) is 13.9. The number of hydrogen-bond donors (Lipinski definition) is 4. The van der Waals surface area contributed by atoms with E-state index >= 15 is 0 Å². The lowest BCUT2D eigenvalue weighted by Gasteiger charge is -2.09. The number of H-pyrrole nitrogens is 1. The number of aryl methyl sites for hydroxylation is 1. The van der Waals surface area contributed by atoms with Gasteiger partial charge in [-0.1, -0.05) is 0 Å². The Morgan fingerprint density at radius 2 is 2.11 bits per heavy atom. The number of nitrogens with zero attached hydrogens (tertiary/aromatic N) is 1. The fraction of sp³-hybridized carbons (Fsp3) is 0.333. The minimum atomic E-state index is -4.34. The highest BCUT2D eigenvalue weighted by Gasteiger charge is 2.09. The van der Waals surface area contributed by atoms with Crippen molar-refractivity contribution >= 4 is 7.60 Å². The van der Waals surface area contributed by atoms with Gasteiger partial charge in [0.15, 0.2) is 0 Å². The zero-order valence-electron chi connectivity index (χ0n) is 9.48. The first-order valence-corrected chi connectivity index (χ1v) is 6.60. The van der Waals surface area contributed by atoms with Crippen molar-refractivity contribution in [2.24, 2.45) is 0 Å². The Bertz CT molecular complexity index is 610. The van der Waals surface area contributed by atoms with Crippen molar-refractivity contribution in [3.63, 3.8) is 0 Å². The van der Waals surface area contributed by atoms with Crippen molar-refractivity contribution in [2.75, 3.05) is 0 Å². The fourth-order valence-corrected chi connectivity index (χ4v) is 1.65. The van der Waals surface area contributed by atoms with Gasteiger partial charge in [-0.2, -0.15) is 0 Å². The lowest BCUT2D eigenvalue weighted by atomic mass is 10.3. The molecule has 1 heterocycles. The molecule has 18 heavy (non-hydrogen) atoms. The Morgan fingerprint density at radius 3 is 2.67 bits per heavy atom. The molecule has 1 aromatic heterocycles. The molecule has 0 saturated heterocycles. The van der Waals surface area contributed by atoms with E-state index in [1.54, 1.807) is 0 Å². The van der Waals surface area contributed by atoms with E-state index in [0.29, 0.717) is 11.4 Å². The summed E-state index contributed by atoms with van der Waals surface area (Å²) < 4.78 is 11.6. The number of aromatic nitrogens is 2. The van der Waals surface area contributed by atoms with Crippen molar-refractivity contribution < 1.29 is 19.5 Å². The third kappa shape index (κ3) is 4.42. The average Bonchev–Trinajstić information content (AvgIpc) is 2.22. The first-order valence-electron chi connectivity index (χ1n) is 4.92. The molecule has 9 heteroatoms. The first-order chi connectivity index (χ1) is 8.19. The molecule has 0 aliphatic carbocycles. The topological polar surface area (TPSA) is 133 Å². The van der Waals surface area contributed by atoms with Gasteiger partial charge < -0.3 is 14.9 Å². The van der Waals surface area contributed by atoms with Crippen LogP contribution < -0.4 is 11.2 Å². The largest absolute Gasteiger partial charge is 0.387 e. The second-order valence-corrected chi connectivity index (χ2v) is 5.20. The molecule has 0 fully saturated rings. The number of aliphatic hydroxyl groups excluding tert-OH is 1. The van der Waals surface area contributed by atoms with Crippen molar-refractivity contribution in [2.45, 2.75) is 19.6 Å². The van der Waals surface area contributed by atoms with Gasteiger partial charge in [-0.3, -0.25) is 18.9 Å². The van der Waals surface area contributed by atoms with E-state index in [1.807, 2.05) is 4.98 Å². The van der Waals surface area contributed by atoms with Gasteiger partial charge in [0.25, 0.3) is 5.56 Å². The maximum absolute atomic E-state index is 11.3. The SMILES string of the molecule is Cc1cn(C[C@H](O)/C=C/P(=O)(O)O)c(=O)[nH]c1=O. The van der Waals surface area contributed by atoms with E-state index in [0.717, 1.165) is 10.6 Å². The molecule has 0 amide bonds. The van der Waals surface area contributed by atoms with Crippen molar-refractivity contribution in [1.82, 2.24) is 9.55 Å². The Kier molecular flexibility index (Phi) is 4.42. The van der Waals surface area contributed by atoms with E-state index in [-0.39, 0.29) is 6.54 Å². The van der Waals surface area contributed by atoms with Gasteiger partial charge in [-0.25, -0.2) is 4.79 Å². The normalized spacial score (nSPS) is 14.0. The van der Waals surface area contributed by atoms with Crippen molar-refractivity contribution in [1.29, 1.82) is 0 Å². The van der Waals surface area contributed by atoms with Crippen LogP contribution in [0.15, 0.2) is 27.7 Å². The van der Waals surface area contributed by atoms with Crippen LogP contribution in [0.25, 0.3) is 0 Å². The number of aliphatic hydroxyl groups is 1. The van der Waals surface area contributed by atoms with E-state index < -0.39 is 24.9 Å². The Balaban J connectivity index is 2.89. The van der Waals surface area contributed by atoms with E-state index in [9.17, 15) is 19.3 Å². The monoisotopic (exact) mass is 276 g/mol. The molecule has 0 spiro atoms. The molecule has 0 bridgehead atoms. The Hall–Kier alpha value is -1.47. The van der Waals surface area contributed by atoms with Gasteiger partial charge in [0.05, 0.1) is 12.6 Å². The molecule has 1 rings (SSSR count). The standard InChI is InChI=1S/C9H13N2O6P/c1-6-4-11(9(14)10-8(6)13)5-7(12)2-3-18(15,16)17/h2-4,7,12H,5H2,1H3,(H,10,13,14)(H2,15,16,17)/b3-2+/t7-/m1/s1. The summed E-state index contributed by atoms with van der Waals surface area (Å²) in [6.07, 6.45) is 0.907. The lowest BCUT2D eigenvalue weighted by Crippen LogP contribution is -2.33. The smallest absolute Gasteiger partial charge is 0.348 e. The summed E-state index contributed by atoms with van der Waals surface area (Å²) in [6.45, 7) is 1.28. The molecule has 0 aromatic carbocycles. The van der Waals surface area contributed by atoms with Crippen LogP contribution in [-0.4, -0.2) is 30.5 Å². The summed E-state index contributed by atoms with van der Waals surface area (Å²) in [5.41, 5.74) is -0.925. The molecule has 1 aromatic rings. The predicted molar refractivity (Wildman–Crippen MR) is 63.3 cm³/mol. The average molecular weight is 276 g/mol. The summed E-state index contributed by atoms with van der Waals surface area (Å²) in [6, 6.07) is 0. The number of nitrogens with one attached hydrogen (secondary N) is 1. The van der Waals surface area contributed by atoms with Gasteiger partial charge in [0.1, 0.15) is 0 Å². The van der Waals surface area contributed by atoms with Crippen LogP contribution in [0, 0.1) is 6.92 Å². The van der Waals surface area contributed by atoms with Crippen LogP contribution in [0.5, 0.6) is 0 Å². The van der Waals surface area contributed by atoms with Gasteiger partial charge in [0.2, 0.25) is 0 Å². The van der Waals surface area contributed by atoms with Crippen molar-refractivity contribution in [3.8, 4) is 0 Å². The van der Waals surface area contributed by atoms with E-state index in [1.165, 1.54) is 13.1 Å². The number of hydrogen-bond acceptors (Lipinski definition) is 4. The van der Waals surface area contributed by atoms with Crippen LogP contribution in [0.3, 0.4) is 0 Å². The molecule has 0 aliphatic heterocycles. The summed E-state index contributed by atoms with van der Waals surface area (Å²) in [5.74, 6) is 0.557. The zero-order valence-corrected chi connectivity index (χ0v) is 10.4. The molecule has 8 nitrogen and oxygen atoms in total. The van der Waals surface area contributed by atoms with E-state index in [2.05, 4.69) is 0 Å². The summed E-state index contributed by atoms with van der Waals surface area (Å²) in [4.78, 5) is 41.6. The highest BCUT2D eigenvalue weighted by molar-refractivity contribution is 7.55. The van der Waals surface area contributed by atoms with Gasteiger partial charge >= 0.3 is 13.3 Å². The molecule has 0 saturated carbocycles. The molecule has 0 radical (unpaired) electrons.